The number of thioether (sulfide) groups is 1. The fraction of sp³-hybridized carbons (Fsp3) is 0.0769. The minimum absolute atomic E-state index is 0.0899. The molecule has 0 aromatic heterocycles. The number of carbonyl (C=O) groups is 3. The van der Waals surface area contributed by atoms with Crippen molar-refractivity contribution in [1.29, 1.82) is 0 Å². The predicted octanol–water partition coefficient (Wildman–Crippen LogP) is 0.136. The molecule has 0 bridgehead atoms. The number of benzene rings is 1. The molecule has 0 radical (unpaired) electrons. The van der Waals surface area contributed by atoms with Crippen LogP contribution in [0.5, 0.6) is 0 Å². The van der Waals surface area contributed by atoms with Gasteiger partial charge in [0.25, 0.3) is 5.91 Å². The quantitative estimate of drug-likeness (QED) is 0.435. The van der Waals surface area contributed by atoms with Gasteiger partial charge in [0, 0.05) is 5.56 Å². The van der Waals surface area contributed by atoms with E-state index in [2.05, 4.69) is 0 Å². The summed E-state index contributed by atoms with van der Waals surface area (Å²) in [6.45, 7) is -0.628. The molecule has 21 heavy (non-hydrogen) atoms. The monoisotopic (exact) mass is 320 g/mol. The second-order valence-electron chi connectivity index (χ2n) is 4.22. The van der Waals surface area contributed by atoms with E-state index in [1.807, 2.05) is 0 Å². The SMILES string of the molecule is O=C([O-])CN1C(=O)/C(=C2/OC(=O)c3ccccc32)SC1=S. The Bertz CT molecular complexity index is 740. The lowest BCUT2D eigenvalue weighted by molar-refractivity contribution is -0.305. The molecule has 0 unspecified atom stereocenters. The third-order valence-electron chi connectivity index (χ3n) is 2.93. The van der Waals surface area contributed by atoms with Crippen LogP contribution in [0.4, 0.5) is 0 Å². The van der Waals surface area contributed by atoms with Gasteiger partial charge in [-0.25, -0.2) is 4.79 Å². The molecule has 1 aromatic carbocycles. The Labute approximate surface area is 128 Å². The number of ether oxygens (including phenoxy) is 1. The number of amides is 1. The van der Waals surface area contributed by atoms with Gasteiger partial charge in [-0.05, 0) is 6.07 Å². The number of cyclic esters (lactones) is 1. The number of aliphatic carboxylic acids is 1. The van der Waals surface area contributed by atoms with E-state index < -0.39 is 24.4 Å². The van der Waals surface area contributed by atoms with Crippen LogP contribution >= 0.6 is 24.0 Å². The summed E-state index contributed by atoms with van der Waals surface area (Å²) in [7, 11) is 0. The first kappa shape index (κ1) is 13.8. The Balaban J connectivity index is 2.06. The molecule has 2 aliphatic rings. The Hall–Kier alpha value is -2.19. The molecule has 0 N–H and O–H groups in total. The van der Waals surface area contributed by atoms with Crippen molar-refractivity contribution in [2.45, 2.75) is 0 Å². The van der Waals surface area contributed by atoms with Crippen LogP contribution in [0.2, 0.25) is 0 Å². The van der Waals surface area contributed by atoms with Crippen molar-refractivity contribution in [3.8, 4) is 0 Å². The third kappa shape index (κ3) is 2.22. The second-order valence-corrected chi connectivity index (χ2v) is 5.87. The maximum absolute atomic E-state index is 12.2. The average molecular weight is 320 g/mol. The van der Waals surface area contributed by atoms with Crippen molar-refractivity contribution in [3.05, 3.63) is 40.3 Å². The van der Waals surface area contributed by atoms with Crippen molar-refractivity contribution >= 4 is 51.9 Å². The number of carboxylic acids is 1. The number of carboxylic acid groups (broad SMARTS) is 1. The third-order valence-corrected chi connectivity index (χ3v) is 4.36. The Morgan fingerprint density at radius 3 is 2.62 bits per heavy atom. The van der Waals surface area contributed by atoms with E-state index in [9.17, 15) is 19.5 Å². The van der Waals surface area contributed by atoms with Gasteiger partial charge in [-0.1, -0.05) is 42.2 Å². The molecule has 1 aromatic rings. The van der Waals surface area contributed by atoms with Crippen LogP contribution in [-0.2, 0) is 14.3 Å². The molecule has 2 aliphatic heterocycles. The zero-order valence-corrected chi connectivity index (χ0v) is 12.0. The van der Waals surface area contributed by atoms with Gasteiger partial charge in [-0.2, -0.15) is 0 Å². The first-order valence-electron chi connectivity index (χ1n) is 5.78. The van der Waals surface area contributed by atoms with Gasteiger partial charge in [0.2, 0.25) is 0 Å². The fourth-order valence-corrected chi connectivity index (χ4v) is 3.30. The summed E-state index contributed by atoms with van der Waals surface area (Å²) in [6.07, 6.45) is 0. The summed E-state index contributed by atoms with van der Waals surface area (Å²) in [5, 5.41) is 10.6. The standard InChI is InChI=1S/C13H7NO5S2/c15-8(16)5-14-11(17)10(21-13(14)20)9-6-3-1-2-4-7(6)12(18)19-9/h1-4H,5H2,(H,15,16)/p-1/b10-9-. The molecule has 0 saturated carbocycles. The minimum Gasteiger partial charge on any atom is -0.548 e. The van der Waals surface area contributed by atoms with Crippen molar-refractivity contribution in [3.63, 3.8) is 0 Å². The highest BCUT2D eigenvalue weighted by molar-refractivity contribution is 8.26. The Kier molecular flexibility index (Phi) is 3.26. The van der Waals surface area contributed by atoms with E-state index in [0.717, 1.165) is 16.7 Å². The number of thiocarbonyl (C=S) groups is 1. The molecule has 8 heteroatoms. The normalized spacial score (nSPS) is 20.8. The van der Waals surface area contributed by atoms with Crippen molar-refractivity contribution in [2.24, 2.45) is 0 Å². The smallest absolute Gasteiger partial charge is 0.344 e. The summed E-state index contributed by atoms with van der Waals surface area (Å²) >= 11 is 5.88. The Morgan fingerprint density at radius 2 is 1.95 bits per heavy atom. The van der Waals surface area contributed by atoms with E-state index in [4.69, 9.17) is 17.0 Å². The summed E-state index contributed by atoms with van der Waals surface area (Å²) in [4.78, 5) is 35.7. The summed E-state index contributed by atoms with van der Waals surface area (Å²) in [5.41, 5.74) is 0.856. The maximum atomic E-state index is 12.2. The highest BCUT2D eigenvalue weighted by atomic mass is 32.2. The van der Waals surface area contributed by atoms with Gasteiger partial charge < -0.3 is 14.6 Å². The first-order valence-corrected chi connectivity index (χ1v) is 7.01. The van der Waals surface area contributed by atoms with Crippen LogP contribution in [0.3, 0.4) is 0 Å². The number of hydrogen-bond donors (Lipinski definition) is 0. The van der Waals surface area contributed by atoms with E-state index in [1.165, 1.54) is 0 Å². The molecule has 0 atom stereocenters. The topological polar surface area (TPSA) is 86.7 Å². The molecule has 6 nitrogen and oxygen atoms in total. The fourth-order valence-electron chi connectivity index (χ4n) is 2.03. The van der Waals surface area contributed by atoms with E-state index >= 15 is 0 Å². The summed E-state index contributed by atoms with van der Waals surface area (Å²) < 4.78 is 5.23. The van der Waals surface area contributed by atoms with Gasteiger partial charge >= 0.3 is 5.97 Å². The van der Waals surface area contributed by atoms with Crippen molar-refractivity contribution in [1.82, 2.24) is 4.90 Å². The van der Waals surface area contributed by atoms with Crippen molar-refractivity contribution < 1.29 is 24.2 Å². The van der Waals surface area contributed by atoms with Gasteiger partial charge in [0.05, 0.1) is 18.1 Å². The van der Waals surface area contributed by atoms with Crippen LogP contribution in [0, 0.1) is 0 Å². The lowest BCUT2D eigenvalue weighted by atomic mass is 10.1. The summed E-state index contributed by atoms with van der Waals surface area (Å²) in [5.74, 6) is -2.45. The number of esters is 1. The lowest BCUT2D eigenvalue weighted by Gasteiger charge is -2.14. The molecule has 0 spiro atoms. The molecule has 1 amide bonds. The average Bonchev–Trinajstić information content (AvgIpc) is 2.91. The zero-order chi connectivity index (χ0) is 15.1. The number of carbonyl (C=O) groups excluding carboxylic acids is 3. The van der Waals surface area contributed by atoms with Gasteiger partial charge in [-0.3, -0.25) is 9.69 Å². The van der Waals surface area contributed by atoms with E-state index in [1.54, 1.807) is 24.3 Å². The zero-order valence-electron chi connectivity index (χ0n) is 10.3. The van der Waals surface area contributed by atoms with E-state index in [0.29, 0.717) is 11.1 Å². The molecule has 3 rings (SSSR count). The second kappa shape index (κ2) is 4.97. The van der Waals surface area contributed by atoms with Crippen molar-refractivity contribution in [2.75, 3.05) is 6.54 Å². The van der Waals surface area contributed by atoms with Gasteiger partial charge in [0.1, 0.15) is 9.23 Å². The molecule has 1 fully saturated rings. The molecule has 106 valence electrons. The minimum atomic E-state index is -1.42. The number of rotatable bonds is 2. The van der Waals surface area contributed by atoms with E-state index in [-0.39, 0.29) is 15.0 Å². The highest BCUT2D eigenvalue weighted by Gasteiger charge is 2.39. The number of fused-ring (bicyclic) bond motifs is 1. The molecular weight excluding hydrogens is 314 g/mol. The molecule has 1 saturated heterocycles. The Morgan fingerprint density at radius 1 is 1.29 bits per heavy atom. The van der Waals surface area contributed by atoms with Crippen LogP contribution in [-0.4, -0.2) is 33.6 Å². The van der Waals surface area contributed by atoms with Crippen LogP contribution in [0.1, 0.15) is 15.9 Å². The maximum Gasteiger partial charge on any atom is 0.344 e. The van der Waals surface area contributed by atoms with Gasteiger partial charge in [0.15, 0.2) is 5.76 Å². The predicted molar refractivity (Wildman–Crippen MR) is 75.7 cm³/mol. The van der Waals surface area contributed by atoms with Crippen LogP contribution < -0.4 is 5.11 Å². The number of hydrogen-bond acceptors (Lipinski definition) is 7. The largest absolute Gasteiger partial charge is 0.548 e. The molecule has 0 aliphatic carbocycles. The van der Waals surface area contributed by atoms with Gasteiger partial charge in [-0.15, -0.1) is 0 Å². The summed E-state index contributed by atoms with van der Waals surface area (Å²) in [6, 6.07) is 6.64. The molecular formula is C13H6NO5S2-. The molecule has 2 heterocycles. The highest BCUT2D eigenvalue weighted by Crippen LogP contribution is 2.41. The van der Waals surface area contributed by atoms with Crippen LogP contribution in [0.15, 0.2) is 29.2 Å². The lowest BCUT2D eigenvalue weighted by Crippen LogP contribution is -2.40. The first-order chi connectivity index (χ1) is 9.99. The van der Waals surface area contributed by atoms with Crippen LogP contribution in [0.25, 0.3) is 5.76 Å². The number of nitrogens with zero attached hydrogens (tertiary/aromatic N) is 1.